The topological polar surface area (TPSA) is 59.0 Å². The zero-order valence-corrected chi connectivity index (χ0v) is 16.7. The van der Waals surface area contributed by atoms with E-state index in [4.69, 9.17) is 26.0 Å². The van der Waals surface area contributed by atoms with Crippen LogP contribution < -0.4 is 0 Å². The standard InChI is InChI=1S/C19H24BClFNO4/c1-18(2)19(3,4)27-20(26-18)16(22)15(12-5-7-14(21)8-6-12)11-23-9-13(10-23)17(24)25/h5-8,13H,9-11H2,1-4H3,(H,24,25). The van der Waals surface area contributed by atoms with Crippen LogP contribution in [0.1, 0.15) is 33.3 Å². The van der Waals surface area contributed by atoms with E-state index in [0.29, 0.717) is 29.2 Å². The number of carbonyl (C=O) groups is 1. The Morgan fingerprint density at radius 2 is 1.74 bits per heavy atom. The van der Waals surface area contributed by atoms with Gasteiger partial charge in [-0.25, -0.2) is 4.39 Å². The van der Waals surface area contributed by atoms with Crippen LogP contribution in [0.15, 0.2) is 30.0 Å². The van der Waals surface area contributed by atoms with Crippen LogP contribution in [0.2, 0.25) is 5.02 Å². The van der Waals surface area contributed by atoms with Crippen molar-refractivity contribution in [3.63, 3.8) is 0 Å². The minimum absolute atomic E-state index is 0.279. The maximum Gasteiger partial charge on any atom is 0.525 e. The van der Waals surface area contributed by atoms with E-state index in [2.05, 4.69) is 0 Å². The van der Waals surface area contributed by atoms with E-state index in [9.17, 15) is 4.79 Å². The number of nitrogens with zero attached hydrogens (tertiary/aromatic N) is 1. The maximum absolute atomic E-state index is 15.5. The van der Waals surface area contributed by atoms with Crippen molar-refractivity contribution in [2.75, 3.05) is 19.6 Å². The first-order chi connectivity index (χ1) is 12.5. The largest absolute Gasteiger partial charge is 0.525 e. The zero-order valence-electron chi connectivity index (χ0n) is 16.0. The van der Waals surface area contributed by atoms with Crippen LogP contribution in [-0.4, -0.2) is 53.9 Å². The maximum atomic E-state index is 15.5. The molecule has 27 heavy (non-hydrogen) atoms. The van der Waals surface area contributed by atoms with Crippen LogP contribution >= 0.6 is 11.6 Å². The molecule has 2 fully saturated rings. The SMILES string of the molecule is CC1(C)OB(C(F)=C(CN2CC(C(=O)O)C2)c2ccc(Cl)cc2)OC1(C)C. The van der Waals surface area contributed by atoms with Gasteiger partial charge in [0.15, 0.2) is 0 Å². The van der Waals surface area contributed by atoms with Gasteiger partial charge in [0, 0.05) is 30.2 Å². The molecule has 0 spiro atoms. The first kappa shape index (κ1) is 20.3. The molecule has 0 atom stereocenters. The average molecular weight is 396 g/mol. The Balaban J connectivity index is 1.88. The van der Waals surface area contributed by atoms with Crippen molar-refractivity contribution >= 4 is 30.3 Å². The van der Waals surface area contributed by atoms with Crippen molar-refractivity contribution in [3.8, 4) is 0 Å². The van der Waals surface area contributed by atoms with E-state index < -0.39 is 35.9 Å². The minimum atomic E-state index is -1.10. The normalized spacial score (nSPS) is 23.1. The van der Waals surface area contributed by atoms with Crippen molar-refractivity contribution in [2.24, 2.45) is 5.92 Å². The molecule has 3 rings (SSSR count). The van der Waals surface area contributed by atoms with Gasteiger partial charge < -0.3 is 14.4 Å². The number of hydrogen-bond donors (Lipinski definition) is 1. The van der Waals surface area contributed by atoms with Crippen LogP contribution in [0, 0.1) is 5.92 Å². The van der Waals surface area contributed by atoms with Crippen LogP contribution in [0.5, 0.6) is 0 Å². The highest BCUT2D eigenvalue weighted by Crippen LogP contribution is 2.40. The van der Waals surface area contributed by atoms with Gasteiger partial charge in [-0.1, -0.05) is 23.7 Å². The van der Waals surface area contributed by atoms with Crippen molar-refractivity contribution < 1.29 is 23.6 Å². The van der Waals surface area contributed by atoms with Crippen LogP contribution in [0.3, 0.4) is 0 Å². The van der Waals surface area contributed by atoms with Gasteiger partial charge in [-0.3, -0.25) is 9.69 Å². The molecule has 1 N–H and O–H groups in total. The molecule has 0 unspecified atom stereocenters. The van der Waals surface area contributed by atoms with Crippen molar-refractivity contribution in [2.45, 2.75) is 38.9 Å². The van der Waals surface area contributed by atoms with Crippen molar-refractivity contribution in [1.29, 1.82) is 0 Å². The smallest absolute Gasteiger partial charge is 0.481 e. The third-order valence-electron chi connectivity index (χ3n) is 5.63. The molecule has 1 aromatic rings. The van der Waals surface area contributed by atoms with Crippen molar-refractivity contribution in [3.05, 3.63) is 40.6 Å². The molecule has 2 aliphatic rings. The second-order valence-electron chi connectivity index (χ2n) is 8.15. The Labute approximate surface area is 164 Å². The Kier molecular flexibility index (Phi) is 5.43. The Hall–Kier alpha value is -1.41. The zero-order chi connectivity index (χ0) is 20.0. The fourth-order valence-corrected chi connectivity index (χ4v) is 3.25. The van der Waals surface area contributed by atoms with Gasteiger partial charge in [-0.05, 0) is 45.4 Å². The fraction of sp³-hybridized carbons (Fsp3) is 0.526. The molecule has 2 saturated heterocycles. The molecule has 2 aliphatic heterocycles. The van der Waals surface area contributed by atoms with Gasteiger partial charge in [-0.15, -0.1) is 0 Å². The molecule has 0 radical (unpaired) electrons. The van der Waals surface area contributed by atoms with Gasteiger partial charge >= 0.3 is 13.1 Å². The Bertz CT molecular complexity index is 743. The molecule has 0 aromatic heterocycles. The number of benzene rings is 1. The highest BCUT2D eigenvalue weighted by molar-refractivity contribution is 6.55. The lowest BCUT2D eigenvalue weighted by Gasteiger charge is -2.37. The van der Waals surface area contributed by atoms with E-state index in [1.807, 2.05) is 32.6 Å². The van der Waals surface area contributed by atoms with Crippen molar-refractivity contribution in [1.82, 2.24) is 4.90 Å². The molecule has 1 aromatic carbocycles. The summed E-state index contributed by atoms with van der Waals surface area (Å²) in [5, 5.41) is 9.62. The molecular formula is C19H24BClFNO4. The van der Waals surface area contributed by atoms with Gasteiger partial charge in [0.1, 0.15) is 5.73 Å². The number of halogens is 2. The van der Waals surface area contributed by atoms with Crippen LogP contribution in [0.4, 0.5) is 4.39 Å². The molecule has 0 saturated carbocycles. The summed E-state index contributed by atoms with van der Waals surface area (Å²) >= 11 is 5.96. The Morgan fingerprint density at radius 1 is 1.22 bits per heavy atom. The predicted octanol–water partition coefficient (Wildman–Crippen LogP) is 3.67. The summed E-state index contributed by atoms with van der Waals surface area (Å²) in [6.07, 6.45) is 0. The summed E-state index contributed by atoms with van der Waals surface area (Å²) in [6.45, 7) is 8.54. The molecule has 8 heteroatoms. The second-order valence-corrected chi connectivity index (χ2v) is 8.59. The van der Waals surface area contributed by atoms with Gasteiger partial charge in [0.25, 0.3) is 0 Å². The first-order valence-electron chi connectivity index (χ1n) is 8.95. The number of likely N-dealkylation sites (tertiary alicyclic amines) is 1. The lowest BCUT2D eigenvalue weighted by atomic mass is 9.82. The van der Waals surface area contributed by atoms with Gasteiger partial charge in [0.05, 0.1) is 17.1 Å². The van der Waals surface area contributed by atoms with Gasteiger partial charge in [-0.2, -0.15) is 0 Å². The van der Waals surface area contributed by atoms with Crippen LogP contribution in [0.25, 0.3) is 5.57 Å². The lowest BCUT2D eigenvalue weighted by molar-refractivity contribution is -0.147. The number of rotatable bonds is 5. The summed E-state index contributed by atoms with van der Waals surface area (Å²) in [5.74, 6) is -1.23. The monoisotopic (exact) mass is 395 g/mol. The number of aliphatic carboxylic acids is 1. The number of carboxylic acids is 1. The summed E-state index contributed by atoms with van der Waals surface area (Å²) in [7, 11) is -1.10. The molecule has 0 amide bonds. The summed E-state index contributed by atoms with van der Waals surface area (Å²) in [5.41, 5.74) is -0.689. The Morgan fingerprint density at radius 3 is 2.22 bits per heavy atom. The van der Waals surface area contributed by atoms with E-state index in [0.717, 1.165) is 0 Å². The number of carboxylic acid groups (broad SMARTS) is 1. The third-order valence-corrected chi connectivity index (χ3v) is 5.88. The molecule has 2 heterocycles. The van der Waals surface area contributed by atoms with E-state index in [1.165, 1.54) is 0 Å². The fourth-order valence-electron chi connectivity index (χ4n) is 3.12. The second kappa shape index (κ2) is 7.20. The highest BCUT2D eigenvalue weighted by atomic mass is 35.5. The molecule has 5 nitrogen and oxygen atoms in total. The first-order valence-corrected chi connectivity index (χ1v) is 9.33. The summed E-state index contributed by atoms with van der Waals surface area (Å²) < 4.78 is 27.2. The molecule has 0 bridgehead atoms. The van der Waals surface area contributed by atoms with Gasteiger partial charge in [0.2, 0.25) is 0 Å². The van der Waals surface area contributed by atoms with E-state index in [1.54, 1.807) is 24.3 Å². The molecular weight excluding hydrogens is 371 g/mol. The quantitative estimate of drug-likeness (QED) is 0.771. The lowest BCUT2D eigenvalue weighted by Crippen LogP contribution is -2.50. The third kappa shape index (κ3) is 4.06. The van der Waals surface area contributed by atoms with E-state index >= 15 is 4.39 Å². The average Bonchev–Trinajstić information content (AvgIpc) is 2.74. The van der Waals surface area contributed by atoms with E-state index in [-0.39, 0.29) is 6.54 Å². The summed E-state index contributed by atoms with van der Waals surface area (Å²) in [6, 6.07) is 6.89. The predicted molar refractivity (Wildman–Crippen MR) is 103 cm³/mol. The molecule has 146 valence electrons. The number of hydrogen-bond acceptors (Lipinski definition) is 4. The summed E-state index contributed by atoms with van der Waals surface area (Å²) in [4.78, 5) is 12.9. The van der Waals surface area contributed by atoms with Crippen LogP contribution in [-0.2, 0) is 14.1 Å². The minimum Gasteiger partial charge on any atom is -0.481 e. The molecule has 0 aliphatic carbocycles. The highest BCUT2D eigenvalue weighted by Gasteiger charge is 2.53.